The number of carbonyl (C=O) groups excluding carboxylic acids is 1. The van der Waals surface area contributed by atoms with E-state index >= 15 is 0 Å². The van der Waals surface area contributed by atoms with Crippen molar-refractivity contribution < 1.29 is 9.90 Å². The summed E-state index contributed by atoms with van der Waals surface area (Å²) in [5.74, 6) is 0.119. The molecule has 0 saturated carbocycles. The number of β-amino-alcohol motifs (C(OH)–C–C–N with tert-alkyl or cyclic N) is 1. The molecular weight excluding hydrogens is 254 g/mol. The maximum atomic E-state index is 11.8. The van der Waals surface area contributed by atoms with E-state index in [2.05, 4.69) is 0 Å². The van der Waals surface area contributed by atoms with E-state index in [1.165, 1.54) is 0 Å². The molecule has 5 nitrogen and oxygen atoms in total. The normalized spacial score (nSPS) is 18.9. The van der Waals surface area contributed by atoms with Gasteiger partial charge in [-0.15, -0.1) is 0 Å². The molecule has 2 rings (SSSR count). The zero-order chi connectivity index (χ0) is 14.5. The number of likely N-dealkylation sites (N-methyl/N-ethyl adjacent to an activating group) is 1. The zero-order valence-electron chi connectivity index (χ0n) is 12.0. The van der Waals surface area contributed by atoms with Gasteiger partial charge in [-0.2, -0.15) is 0 Å². The number of hydrogen-bond donors (Lipinski definition) is 2. The highest BCUT2D eigenvalue weighted by atomic mass is 16.3. The van der Waals surface area contributed by atoms with E-state index in [1.807, 2.05) is 36.2 Å². The minimum atomic E-state index is -0.571. The van der Waals surface area contributed by atoms with Gasteiger partial charge in [0.15, 0.2) is 0 Å². The first kappa shape index (κ1) is 15.0. The number of aliphatic hydroxyl groups is 1. The fourth-order valence-corrected chi connectivity index (χ4v) is 2.43. The number of carbonyl (C=O) groups is 1. The van der Waals surface area contributed by atoms with Gasteiger partial charge in [-0.1, -0.05) is 24.3 Å². The summed E-state index contributed by atoms with van der Waals surface area (Å²) in [6.07, 6.45) is 0.374. The highest BCUT2D eigenvalue weighted by Crippen LogP contribution is 2.16. The predicted molar refractivity (Wildman–Crippen MR) is 78.0 cm³/mol. The summed E-state index contributed by atoms with van der Waals surface area (Å²) in [7, 11) is 1.83. The summed E-state index contributed by atoms with van der Waals surface area (Å²) >= 11 is 0. The number of benzene rings is 1. The van der Waals surface area contributed by atoms with Crippen molar-refractivity contribution in [3.05, 3.63) is 35.4 Å². The molecule has 0 aliphatic carbocycles. The van der Waals surface area contributed by atoms with Crippen LogP contribution in [-0.2, 0) is 11.3 Å². The lowest BCUT2D eigenvalue weighted by Crippen LogP contribution is -2.36. The van der Waals surface area contributed by atoms with Crippen LogP contribution in [0.3, 0.4) is 0 Å². The molecule has 1 saturated heterocycles. The van der Waals surface area contributed by atoms with Gasteiger partial charge < -0.3 is 15.7 Å². The van der Waals surface area contributed by atoms with Crippen LogP contribution in [0, 0.1) is 0 Å². The van der Waals surface area contributed by atoms with E-state index < -0.39 is 6.10 Å². The van der Waals surface area contributed by atoms with Crippen LogP contribution in [0.25, 0.3) is 0 Å². The molecule has 0 aromatic heterocycles. The first-order valence-corrected chi connectivity index (χ1v) is 7.03. The first-order chi connectivity index (χ1) is 9.60. The topological polar surface area (TPSA) is 69.8 Å². The second kappa shape index (κ2) is 6.83. The number of nitrogens with zero attached hydrogens (tertiary/aromatic N) is 2. The van der Waals surface area contributed by atoms with Crippen molar-refractivity contribution in [2.45, 2.75) is 19.1 Å². The summed E-state index contributed by atoms with van der Waals surface area (Å²) < 4.78 is 0. The Bertz CT molecular complexity index is 447. The SMILES string of the molecule is CN1CCCN(CC(O)c2ccc(CN)cc2)CC1=O. The van der Waals surface area contributed by atoms with E-state index in [1.54, 1.807) is 4.90 Å². The van der Waals surface area contributed by atoms with E-state index in [-0.39, 0.29) is 5.91 Å². The van der Waals surface area contributed by atoms with Gasteiger partial charge in [-0.3, -0.25) is 9.69 Å². The molecule has 1 fully saturated rings. The smallest absolute Gasteiger partial charge is 0.236 e. The molecule has 20 heavy (non-hydrogen) atoms. The Kier molecular flexibility index (Phi) is 5.11. The third-order valence-corrected chi connectivity index (χ3v) is 3.78. The summed E-state index contributed by atoms with van der Waals surface area (Å²) in [4.78, 5) is 15.6. The highest BCUT2D eigenvalue weighted by Gasteiger charge is 2.21. The Morgan fingerprint density at radius 1 is 1.30 bits per heavy atom. The monoisotopic (exact) mass is 277 g/mol. The second-order valence-electron chi connectivity index (χ2n) is 5.37. The Hall–Kier alpha value is -1.43. The molecule has 1 atom stereocenters. The van der Waals surface area contributed by atoms with Crippen LogP contribution in [0.15, 0.2) is 24.3 Å². The molecule has 1 unspecified atom stereocenters. The number of nitrogens with two attached hydrogens (primary N) is 1. The van der Waals surface area contributed by atoms with Crippen molar-refractivity contribution in [3.8, 4) is 0 Å². The summed E-state index contributed by atoms with van der Waals surface area (Å²) in [5.41, 5.74) is 7.47. The molecular formula is C15H23N3O2. The fraction of sp³-hybridized carbons (Fsp3) is 0.533. The first-order valence-electron chi connectivity index (χ1n) is 7.03. The van der Waals surface area contributed by atoms with Gasteiger partial charge in [0.05, 0.1) is 12.6 Å². The summed E-state index contributed by atoms with van der Waals surface area (Å²) in [5, 5.41) is 10.3. The van der Waals surface area contributed by atoms with Crippen molar-refractivity contribution in [3.63, 3.8) is 0 Å². The van der Waals surface area contributed by atoms with Crippen LogP contribution in [0.2, 0.25) is 0 Å². The lowest BCUT2D eigenvalue weighted by Gasteiger charge is -2.22. The van der Waals surface area contributed by atoms with E-state index in [9.17, 15) is 9.90 Å². The molecule has 1 amide bonds. The van der Waals surface area contributed by atoms with Crippen LogP contribution in [0.5, 0.6) is 0 Å². The fourth-order valence-electron chi connectivity index (χ4n) is 2.43. The van der Waals surface area contributed by atoms with E-state index in [4.69, 9.17) is 5.73 Å². The van der Waals surface area contributed by atoms with Crippen LogP contribution in [0.4, 0.5) is 0 Å². The Labute approximate surface area is 120 Å². The molecule has 1 heterocycles. The quantitative estimate of drug-likeness (QED) is 0.833. The highest BCUT2D eigenvalue weighted by molar-refractivity contribution is 5.78. The van der Waals surface area contributed by atoms with Gasteiger partial charge in [0.25, 0.3) is 0 Å². The Morgan fingerprint density at radius 3 is 2.65 bits per heavy atom. The van der Waals surface area contributed by atoms with Crippen LogP contribution < -0.4 is 5.73 Å². The lowest BCUT2D eigenvalue weighted by molar-refractivity contribution is -0.130. The molecule has 1 aromatic rings. The van der Waals surface area contributed by atoms with Crippen LogP contribution in [-0.4, -0.2) is 54.0 Å². The number of hydrogen-bond acceptors (Lipinski definition) is 4. The van der Waals surface area contributed by atoms with Gasteiger partial charge in [0, 0.05) is 33.2 Å². The molecule has 1 aliphatic heterocycles. The molecule has 110 valence electrons. The van der Waals surface area contributed by atoms with Gasteiger partial charge in [0.1, 0.15) is 0 Å². The second-order valence-corrected chi connectivity index (χ2v) is 5.37. The average Bonchev–Trinajstić information content (AvgIpc) is 2.61. The maximum Gasteiger partial charge on any atom is 0.236 e. The number of rotatable bonds is 4. The molecule has 0 radical (unpaired) electrons. The lowest BCUT2D eigenvalue weighted by atomic mass is 10.1. The summed E-state index contributed by atoms with van der Waals surface area (Å²) in [6.45, 7) is 3.00. The minimum absolute atomic E-state index is 0.119. The average molecular weight is 277 g/mol. The Morgan fingerprint density at radius 2 is 2.00 bits per heavy atom. The largest absolute Gasteiger partial charge is 0.387 e. The van der Waals surface area contributed by atoms with Gasteiger partial charge in [0.2, 0.25) is 5.91 Å². The predicted octanol–water partition coefficient (Wildman–Crippen LogP) is 0.343. The van der Waals surface area contributed by atoms with E-state index in [0.717, 1.165) is 30.6 Å². The third-order valence-electron chi connectivity index (χ3n) is 3.78. The van der Waals surface area contributed by atoms with Gasteiger partial charge >= 0.3 is 0 Å². The number of amides is 1. The standard InChI is InChI=1S/C15H23N3O2/c1-17-7-2-8-18(11-15(17)20)10-14(19)13-5-3-12(9-16)4-6-13/h3-6,14,19H,2,7-11,16H2,1H3. The van der Waals surface area contributed by atoms with Crippen LogP contribution >= 0.6 is 0 Å². The Balaban J connectivity index is 1.95. The van der Waals surface area contributed by atoms with Crippen molar-refractivity contribution in [1.82, 2.24) is 9.80 Å². The zero-order valence-corrected chi connectivity index (χ0v) is 12.0. The van der Waals surface area contributed by atoms with Crippen molar-refractivity contribution >= 4 is 5.91 Å². The minimum Gasteiger partial charge on any atom is -0.387 e. The van der Waals surface area contributed by atoms with Gasteiger partial charge in [-0.05, 0) is 17.5 Å². The van der Waals surface area contributed by atoms with Gasteiger partial charge in [-0.25, -0.2) is 0 Å². The molecule has 3 N–H and O–H groups in total. The van der Waals surface area contributed by atoms with Crippen molar-refractivity contribution in [1.29, 1.82) is 0 Å². The molecule has 1 aromatic carbocycles. The van der Waals surface area contributed by atoms with Crippen LogP contribution in [0.1, 0.15) is 23.7 Å². The molecule has 0 spiro atoms. The maximum absolute atomic E-state index is 11.8. The van der Waals surface area contributed by atoms with Crippen molar-refractivity contribution in [2.75, 3.05) is 33.2 Å². The molecule has 0 bridgehead atoms. The molecule has 1 aliphatic rings. The molecule has 5 heteroatoms. The van der Waals surface area contributed by atoms with E-state index in [0.29, 0.717) is 19.6 Å². The summed E-state index contributed by atoms with van der Waals surface area (Å²) in [6, 6.07) is 7.66. The third kappa shape index (κ3) is 3.79. The number of aliphatic hydroxyl groups excluding tert-OH is 1. The van der Waals surface area contributed by atoms with Crippen molar-refractivity contribution in [2.24, 2.45) is 5.73 Å².